The van der Waals surface area contributed by atoms with Crippen LogP contribution < -0.4 is 0 Å². The van der Waals surface area contributed by atoms with E-state index in [0.717, 1.165) is 0 Å². The van der Waals surface area contributed by atoms with E-state index in [1.54, 1.807) is 6.07 Å². The second-order valence-corrected chi connectivity index (χ2v) is 8.53. The fraction of sp³-hybridized carbons (Fsp3) is 0.385. The number of esters is 1. The van der Waals surface area contributed by atoms with Gasteiger partial charge in [0, 0.05) is 5.92 Å². The molecule has 1 aromatic rings. The van der Waals surface area contributed by atoms with E-state index in [-0.39, 0.29) is 23.0 Å². The lowest BCUT2D eigenvalue weighted by Gasteiger charge is -2.14. The van der Waals surface area contributed by atoms with Gasteiger partial charge in [-0.2, -0.15) is 0 Å². The maximum atomic E-state index is 12.2. The van der Waals surface area contributed by atoms with Gasteiger partial charge in [-0.05, 0) is 18.6 Å². The molecule has 1 atom stereocenters. The highest BCUT2D eigenvalue weighted by Crippen LogP contribution is 2.53. The Balaban J connectivity index is 1.69. The third-order valence-electron chi connectivity index (χ3n) is 3.59. The third kappa shape index (κ3) is 2.57. The highest BCUT2D eigenvalue weighted by Gasteiger charge is 2.52. The molecule has 1 aliphatic carbocycles. The fourth-order valence-corrected chi connectivity index (χ4v) is 4.21. The Bertz CT molecular complexity index is 761. The Labute approximate surface area is 137 Å². The largest absolute Gasteiger partial charge is 0.464 e. The van der Waals surface area contributed by atoms with Crippen LogP contribution in [0.2, 0.25) is 0 Å². The van der Waals surface area contributed by atoms with Crippen LogP contribution in [0.3, 0.4) is 0 Å². The number of benzene rings is 1. The highest BCUT2D eigenvalue weighted by atomic mass is 35.5. The van der Waals surface area contributed by atoms with Crippen molar-refractivity contribution in [3.05, 3.63) is 29.8 Å². The molecule has 9 heteroatoms. The van der Waals surface area contributed by atoms with Crippen LogP contribution in [0.25, 0.3) is 0 Å². The van der Waals surface area contributed by atoms with E-state index in [2.05, 4.69) is 0 Å². The van der Waals surface area contributed by atoms with Crippen LogP contribution in [-0.2, 0) is 19.6 Å². The minimum Gasteiger partial charge on any atom is -0.464 e. The highest BCUT2D eigenvalue weighted by molar-refractivity contribution is 7.90. The molecule has 3 rings (SSSR count). The maximum absolute atomic E-state index is 12.2. The molecule has 0 bridgehead atoms. The number of nitrogens with zero attached hydrogens (tertiary/aromatic N) is 1. The molecule has 1 saturated carbocycles. The number of fused-ring (bicyclic) bond motifs is 1. The zero-order chi connectivity index (χ0) is 16.1. The van der Waals surface area contributed by atoms with Crippen LogP contribution in [0.5, 0.6) is 0 Å². The summed E-state index contributed by atoms with van der Waals surface area (Å²) in [6, 6.07) is 5.80. The molecular weight excluding hydrogens is 353 g/mol. The molecule has 1 aliphatic heterocycles. The molecule has 0 spiro atoms. The van der Waals surface area contributed by atoms with E-state index in [1.807, 2.05) is 0 Å². The third-order valence-corrected chi connectivity index (χ3v) is 6.30. The number of rotatable bonds is 4. The number of halogens is 2. The van der Waals surface area contributed by atoms with E-state index in [4.69, 9.17) is 27.9 Å². The molecule has 2 aliphatic rings. The predicted octanol–water partition coefficient (Wildman–Crippen LogP) is 1.57. The van der Waals surface area contributed by atoms with Crippen LogP contribution in [0.15, 0.2) is 29.2 Å². The molecular formula is C13H11Cl2NO5S. The lowest BCUT2D eigenvalue weighted by molar-refractivity contribution is -0.143. The van der Waals surface area contributed by atoms with Crippen molar-refractivity contribution in [3.63, 3.8) is 0 Å². The monoisotopic (exact) mass is 363 g/mol. The van der Waals surface area contributed by atoms with Crippen molar-refractivity contribution in [2.45, 2.75) is 15.6 Å². The van der Waals surface area contributed by atoms with Crippen molar-refractivity contribution in [1.29, 1.82) is 0 Å². The molecule has 1 aromatic carbocycles. The molecule has 0 radical (unpaired) electrons. The standard InChI is InChI=1S/C13H11Cl2NO5S/c14-13(15)5-8(13)7-21-11(17)6-16-12(18)9-3-1-2-4-10(9)22(16,19)20/h1-4,8H,5-7H2. The van der Waals surface area contributed by atoms with E-state index in [9.17, 15) is 18.0 Å². The summed E-state index contributed by atoms with van der Waals surface area (Å²) >= 11 is 11.6. The molecule has 1 heterocycles. The van der Waals surface area contributed by atoms with E-state index in [0.29, 0.717) is 10.7 Å². The summed E-state index contributed by atoms with van der Waals surface area (Å²) in [4.78, 5) is 23.8. The van der Waals surface area contributed by atoms with Crippen LogP contribution >= 0.6 is 23.2 Å². The van der Waals surface area contributed by atoms with Gasteiger partial charge in [0.2, 0.25) is 0 Å². The summed E-state index contributed by atoms with van der Waals surface area (Å²) in [5.74, 6) is -1.72. The number of sulfonamides is 1. The molecule has 6 nitrogen and oxygen atoms in total. The van der Waals surface area contributed by atoms with Crippen LogP contribution in [0.1, 0.15) is 16.8 Å². The Kier molecular flexibility index (Phi) is 3.62. The van der Waals surface area contributed by atoms with Gasteiger partial charge < -0.3 is 4.74 Å². The fourth-order valence-electron chi connectivity index (χ4n) is 2.19. The van der Waals surface area contributed by atoms with Crippen molar-refractivity contribution in [2.75, 3.05) is 13.2 Å². The smallest absolute Gasteiger partial charge is 0.326 e. The average molecular weight is 364 g/mol. The lowest BCUT2D eigenvalue weighted by atomic mass is 10.2. The minimum atomic E-state index is -4.01. The van der Waals surface area contributed by atoms with E-state index < -0.39 is 32.8 Å². The normalized spacial score (nSPS) is 24.0. The SMILES string of the molecule is O=C(CN1C(=O)c2ccccc2S1(=O)=O)OCC1CC1(Cl)Cl. The first-order chi connectivity index (χ1) is 10.2. The van der Waals surface area contributed by atoms with Gasteiger partial charge in [0.25, 0.3) is 15.9 Å². The number of amides is 1. The molecule has 22 heavy (non-hydrogen) atoms. The van der Waals surface area contributed by atoms with Gasteiger partial charge in [-0.25, -0.2) is 12.7 Å². The Morgan fingerprint density at radius 1 is 1.36 bits per heavy atom. The molecule has 1 fully saturated rings. The number of hydrogen-bond donors (Lipinski definition) is 0. The molecule has 0 saturated heterocycles. The summed E-state index contributed by atoms with van der Waals surface area (Å²) in [6.45, 7) is -0.666. The van der Waals surface area contributed by atoms with Crippen LogP contribution in [-0.4, -0.2) is 42.1 Å². The summed E-state index contributed by atoms with van der Waals surface area (Å²) < 4.78 is 29.0. The van der Waals surface area contributed by atoms with Gasteiger partial charge in [0.15, 0.2) is 0 Å². The van der Waals surface area contributed by atoms with Gasteiger partial charge in [0.05, 0.1) is 12.2 Å². The van der Waals surface area contributed by atoms with Gasteiger partial charge in [-0.1, -0.05) is 12.1 Å². The quantitative estimate of drug-likeness (QED) is 0.599. The van der Waals surface area contributed by atoms with Crippen molar-refractivity contribution in [3.8, 4) is 0 Å². The summed E-state index contributed by atoms with van der Waals surface area (Å²) in [7, 11) is -4.01. The minimum absolute atomic E-state index is 0.000853. The molecule has 1 amide bonds. The maximum Gasteiger partial charge on any atom is 0.326 e. The van der Waals surface area contributed by atoms with Crippen LogP contribution in [0, 0.1) is 5.92 Å². The first-order valence-electron chi connectivity index (χ1n) is 6.43. The number of alkyl halides is 2. The second-order valence-electron chi connectivity index (χ2n) is 5.16. The van der Waals surface area contributed by atoms with Gasteiger partial charge in [-0.3, -0.25) is 9.59 Å². The van der Waals surface area contributed by atoms with Crippen molar-refractivity contribution in [2.24, 2.45) is 5.92 Å². The zero-order valence-electron chi connectivity index (χ0n) is 11.2. The lowest BCUT2D eigenvalue weighted by Crippen LogP contribution is -2.36. The Hall–Kier alpha value is -1.31. The number of carbonyl (C=O) groups is 2. The predicted molar refractivity (Wildman–Crippen MR) is 78.2 cm³/mol. The summed E-state index contributed by atoms with van der Waals surface area (Å²) in [5, 5.41) is 0. The first kappa shape index (κ1) is 15.6. The number of carbonyl (C=O) groups excluding carboxylic acids is 2. The summed E-state index contributed by atoms with van der Waals surface area (Å²) in [5.41, 5.74) is 0.0537. The molecule has 0 N–H and O–H groups in total. The zero-order valence-corrected chi connectivity index (χ0v) is 13.5. The van der Waals surface area contributed by atoms with Gasteiger partial charge >= 0.3 is 5.97 Å². The van der Waals surface area contributed by atoms with E-state index in [1.165, 1.54) is 18.2 Å². The first-order valence-corrected chi connectivity index (χ1v) is 8.62. The van der Waals surface area contributed by atoms with Crippen LogP contribution in [0.4, 0.5) is 0 Å². The Morgan fingerprint density at radius 2 is 2.00 bits per heavy atom. The average Bonchev–Trinajstić information content (AvgIpc) is 3.03. The molecule has 0 aromatic heterocycles. The van der Waals surface area contributed by atoms with Crippen molar-refractivity contribution >= 4 is 45.1 Å². The van der Waals surface area contributed by atoms with Gasteiger partial charge in [-0.15, -0.1) is 23.2 Å². The molecule has 1 unspecified atom stereocenters. The van der Waals surface area contributed by atoms with Crippen molar-refractivity contribution in [1.82, 2.24) is 4.31 Å². The number of ether oxygens (including phenoxy) is 1. The topological polar surface area (TPSA) is 80.8 Å². The number of hydrogen-bond acceptors (Lipinski definition) is 5. The Morgan fingerprint density at radius 3 is 2.59 bits per heavy atom. The van der Waals surface area contributed by atoms with E-state index >= 15 is 0 Å². The van der Waals surface area contributed by atoms with Crippen molar-refractivity contribution < 1.29 is 22.7 Å². The molecule has 118 valence electrons. The summed E-state index contributed by atoms with van der Waals surface area (Å²) in [6.07, 6.45) is 0.510. The van der Waals surface area contributed by atoms with Gasteiger partial charge in [0.1, 0.15) is 15.8 Å². The second kappa shape index (κ2) is 5.11.